The topological polar surface area (TPSA) is 89.9 Å². The Labute approximate surface area is 209 Å². The molecule has 0 radical (unpaired) electrons. The van der Waals surface area contributed by atoms with Crippen LogP contribution in [0.3, 0.4) is 0 Å². The summed E-state index contributed by atoms with van der Waals surface area (Å²) in [5, 5.41) is 11.0. The molecule has 0 unspecified atom stereocenters. The van der Waals surface area contributed by atoms with Gasteiger partial charge in [0.15, 0.2) is 5.65 Å². The summed E-state index contributed by atoms with van der Waals surface area (Å²) in [6, 6.07) is 20.8. The molecule has 5 aromatic rings. The summed E-state index contributed by atoms with van der Waals surface area (Å²) >= 11 is 0. The van der Waals surface area contributed by atoms with Crippen molar-refractivity contribution in [2.45, 2.75) is 39.2 Å². The maximum Gasteiger partial charge on any atom is 0.338 e. The molecule has 7 nitrogen and oxygen atoms in total. The van der Waals surface area contributed by atoms with Crippen LogP contribution in [0.1, 0.15) is 53.8 Å². The first-order valence-electron chi connectivity index (χ1n) is 11.8. The second kappa shape index (κ2) is 9.34. The van der Waals surface area contributed by atoms with Crippen molar-refractivity contribution >= 4 is 11.6 Å². The molecule has 0 atom stereocenters. The van der Waals surface area contributed by atoms with Gasteiger partial charge < -0.3 is 14.3 Å². The van der Waals surface area contributed by atoms with Crippen LogP contribution in [0.5, 0.6) is 5.88 Å². The third-order valence-electron chi connectivity index (χ3n) is 5.67. The third kappa shape index (κ3) is 5.00. The van der Waals surface area contributed by atoms with Crippen molar-refractivity contribution in [2.24, 2.45) is 0 Å². The number of rotatable bonds is 6. The molecule has 7 heteroatoms. The number of hydrogen-bond acceptors (Lipinski definition) is 6. The first kappa shape index (κ1) is 23.4. The molecule has 0 aliphatic rings. The van der Waals surface area contributed by atoms with Crippen LogP contribution in [0.25, 0.3) is 16.9 Å². The molecule has 0 saturated heterocycles. The maximum atomic E-state index is 12.4. The molecule has 0 aliphatic carbocycles. The Morgan fingerprint density at radius 3 is 2.36 bits per heavy atom. The van der Waals surface area contributed by atoms with Gasteiger partial charge in [-0.15, -0.1) is 0 Å². The van der Waals surface area contributed by atoms with Gasteiger partial charge in [-0.05, 0) is 50.6 Å². The van der Waals surface area contributed by atoms with E-state index in [1.807, 2.05) is 75.4 Å². The number of aromatic nitrogens is 3. The lowest BCUT2D eigenvalue weighted by Gasteiger charge is -2.19. The van der Waals surface area contributed by atoms with E-state index in [1.54, 1.807) is 29.0 Å². The summed E-state index contributed by atoms with van der Waals surface area (Å²) in [7, 11) is 0. The van der Waals surface area contributed by atoms with Gasteiger partial charge in [-0.1, -0.05) is 42.5 Å². The van der Waals surface area contributed by atoms with E-state index in [-0.39, 0.29) is 11.8 Å². The highest BCUT2D eigenvalue weighted by Gasteiger charge is 2.20. The first-order chi connectivity index (χ1) is 17.3. The number of furan rings is 1. The number of carbonyl (C=O) groups is 1. The Morgan fingerprint density at radius 1 is 0.944 bits per heavy atom. The highest BCUT2D eigenvalue weighted by atomic mass is 16.6. The number of ether oxygens (including phenoxy) is 1. The quantitative estimate of drug-likeness (QED) is 0.307. The average Bonchev–Trinajstić information content (AvgIpc) is 3.47. The van der Waals surface area contributed by atoms with Gasteiger partial charge in [0.25, 0.3) is 0 Å². The highest BCUT2D eigenvalue weighted by Crippen LogP contribution is 2.28. The normalized spacial score (nSPS) is 11.6. The Hall–Kier alpha value is -4.39. The van der Waals surface area contributed by atoms with Crippen LogP contribution in [0.15, 0.2) is 83.6 Å². The van der Waals surface area contributed by atoms with E-state index in [0.29, 0.717) is 41.2 Å². The molecule has 2 aromatic carbocycles. The summed E-state index contributed by atoms with van der Waals surface area (Å²) in [5.74, 6) is 0.381. The molecule has 182 valence electrons. The summed E-state index contributed by atoms with van der Waals surface area (Å²) < 4.78 is 12.6. The average molecular weight is 482 g/mol. The van der Waals surface area contributed by atoms with Crippen LogP contribution >= 0.6 is 0 Å². The number of benzene rings is 2. The second-order valence-electron chi connectivity index (χ2n) is 9.65. The van der Waals surface area contributed by atoms with Gasteiger partial charge in [0.05, 0.1) is 29.6 Å². The second-order valence-corrected chi connectivity index (χ2v) is 9.65. The van der Waals surface area contributed by atoms with E-state index >= 15 is 0 Å². The van der Waals surface area contributed by atoms with Crippen LogP contribution in [0, 0.1) is 0 Å². The van der Waals surface area contributed by atoms with E-state index in [1.165, 1.54) is 0 Å². The number of nitrogens with zero attached hydrogens (tertiary/aromatic N) is 3. The zero-order chi connectivity index (χ0) is 25.3. The van der Waals surface area contributed by atoms with Gasteiger partial charge >= 0.3 is 5.97 Å². The van der Waals surface area contributed by atoms with Crippen molar-refractivity contribution < 1.29 is 19.1 Å². The minimum atomic E-state index is -0.568. The van der Waals surface area contributed by atoms with Crippen molar-refractivity contribution in [3.63, 3.8) is 0 Å². The highest BCUT2D eigenvalue weighted by molar-refractivity contribution is 5.90. The predicted molar refractivity (Wildman–Crippen MR) is 136 cm³/mol. The SMILES string of the molecule is CC(C)(C)OC(=O)c1ccc(-c2cn3c(O)c(Cc4ccco4)nc3c(Cc3ccccc3)n2)cc1. The lowest BCUT2D eigenvalue weighted by molar-refractivity contribution is 0.00695. The van der Waals surface area contributed by atoms with Gasteiger partial charge in [0.1, 0.15) is 17.1 Å². The largest absolute Gasteiger partial charge is 0.493 e. The van der Waals surface area contributed by atoms with Gasteiger partial charge in [0, 0.05) is 18.2 Å². The lowest BCUT2D eigenvalue weighted by Crippen LogP contribution is -2.23. The molecule has 0 aliphatic heterocycles. The van der Waals surface area contributed by atoms with Crippen molar-refractivity contribution in [1.29, 1.82) is 0 Å². The van der Waals surface area contributed by atoms with Crippen LogP contribution < -0.4 is 0 Å². The van der Waals surface area contributed by atoms with Crippen molar-refractivity contribution in [3.8, 4) is 17.1 Å². The van der Waals surface area contributed by atoms with E-state index in [9.17, 15) is 9.90 Å². The molecule has 36 heavy (non-hydrogen) atoms. The Kier molecular flexibility index (Phi) is 6.06. The molecule has 0 fully saturated rings. The van der Waals surface area contributed by atoms with Crippen LogP contribution in [0.2, 0.25) is 0 Å². The zero-order valence-corrected chi connectivity index (χ0v) is 20.4. The maximum absolute atomic E-state index is 12.4. The summed E-state index contributed by atoms with van der Waals surface area (Å²) in [6.45, 7) is 5.51. The Bertz CT molecular complexity index is 1500. The molecule has 5 rings (SSSR count). The first-order valence-corrected chi connectivity index (χ1v) is 11.8. The van der Waals surface area contributed by atoms with E-state index in [0.717, 1.165) is 16.8 Å². The van der Waals surface area contributed by atoms with Crippen LogP contribution in [-0.4, -0.2) is 31.0 Å². The number of carbonyl (C=O) groups excluding carboxylic acids is 1. The predicted octanol–water partition coefficient (Wildman–Crippen LogP) is 5.83. The number of imidazole rings is 1. The number of aromatic hydroxyl groups is 1. The number of fused-ring (bicyclic) bond motifs is 1. The van der Waals surface area contributed by atoms with Gasteiger partial charge in [-0.2, -0.15) is 0 Å². The van der Waals surface area contributed by atoms with E-state index < -0.39 is 5.60 Å². The smallest absolute Gasteiger partial charge is 0.338 e. The van der Waals surface area contributed by atoms with Crippen molar-refractivity contribution in [1.82, 2.24) is 14.4 Å². The fourth-order valence-corrected chi connectivity index (χ4v) is 4.00. The summed E-state index contributed by atoms with van der Waals surface area (Å²) in [5.41, 5.74) is 4.27. The molecule has 1 N–H and O–H groups in total. The zero-order valence-electron chi connectivity index (χ0n) is 20.4. The lowest BCUT2D eigenvalue weighted by atomic mass is 10.1. The van der Waals surface area contributed by atoms with Gasteiger partial charge in [-0.3, -0.25) is 4.40 Å². The molecule has 3 heterocycles. The van der Waals surface area contributed by atoms with Gasteiger partial charge in [0.2, 0.25) is 5.88 Å². The van der Waals surface area contributed by atoms with Crippen molar-refractivity contribution in [2.75, 3.05) is 0 Å². The van der Waals surface area contributed by atoms with Crippen LogP contribution in [-0.2, 0) is 17.6 Å². The minimum Gasteiger partial charge on any atom is -0.493 e. The Balaban J connectivity index is 1.56. The number of esters is 1. The fraction of sp³-hybridized carbons (Fsp3) is 0.207. The molecular weight excluding hydrogens is 454 g/mol. The minimum absolute atomic E-state index is 0.0461. The summed E-state index contributed by atoms with van der Waals surface area (Å²) in [4.78, 5) is 22.1. The third-order valence-corrected chi connectivity index (χ3v) is 5.67. The molecule has 0 bridgehead atoms. The van der Waals surface area contributed by atoms with Crippen LogP contribution in [0.4, 0.5) is 0 Å². The standard InChI is InChI=1S/C29H27N3O4/c1-29(2,3)36-28(34)21-13-11-20(12-14-21)25-18-32-26(23(30-25)16-19-8-5-4-6-9-19)31-24(27(32)33)17-22-10-7-15-35-22/h4-15,18,33H,16-17H2,1-3H3. The molecule has 0 saturated carbocycles. The molecular formula is C29H27N3O4. The molecule has 3 aromatic heterocycles. The Morgan fingerprint density at radius 2 is 1.69 bits per heavy atom. The van der Waals surface area contributed by atoms with E-state index in [2.05, 4.69) is 0 Å². The monoisotopic (exact) mass is 481 g/mol. The molecule has 0 spiro atoms. The fourth-order valence-electron chi connectivity index (χ4n) is 4.00. The van der Waals surface area contributed by atoms with Crippen molar-refractivity contribution in [3.05, 3.63) is 107 Å². The van der Waals surface area contributed by atoms with E-state index in [4.69, 9.17) is 19.1 Å². The van der Waals surface area contributed by atoms with Gasteiger partial charge in [-0.25, -0.2) is 14.8 Å². The number of hydrogen-bond donors (Lipinski definition) is 1. The summed E-state index contributed by atoms with van der Waals surface area (Å²) in [6.07, 6.45) is 4.28. The molecule has 0 amide bonds.